The van der Waals surface area contributed by atoms with E-state index in [1.165, 1.54) is 24.3 Å². The molecule has 1 saturated carbocycles. The molecule has 0 amide bonds. The van der Waals surface area contributed by atoms with Gasteiger partial charge in [0.1, 0.15) is 6.10 Å². The number of fused-ring (bicyclic) bond motifs is 1. The number of halogens is 3. The van der Waals surface area contributed by atoms with E-state index in [0.717, 1.165) is 12.8 Å². The first-order valence-electron chi connectivity index (χ1n) is 8.86. The van der Waals surface area contributed by atoms with Crippen LogP contribution in [-0.4, -0.2) is 36.8 Å². The maximum Gasteiger partial charge on any atom is 0.534 e. The molecular weight excluding hydrogens is 419 g/mol. The number of rotatable bonds is 4. The van der Waals surface area contributed by atoms with Gasteiger partial charge in [0.15, 0.2) is 11.5 Å². The van der Waals surface area contributed by atoms with E-state index in [-0.39, 0.29) is 23.2 Å². The first-order chi connectivity index (χ1) is 13.5. The summed E-state index contributed by atoms with van der Waals surface area (Å²) in [6.07, 6.45) is 0.607. The predicted octanol–water partition coefficient (Wildman–Crippen LogP) is 3.63. The molecule has 2 atom stereocenters. The SMILES string of the molecule is O=[N+]([O-])c1ccccc1C1=C(OS(=O)(=O)C(F)(F)F)[C@H]2OC3(CCCC3)O[C@H]2C1. The quantitative estimate of drug-likeness (QED) is 0.308. The Kier molecular flexibility index (Phi) is 4.63. The summed E-state index contributed by atoms with van der Waals surface area (Å²) in [6, 6.07) is 5.35. The van der Waals surface area contributed by atoms with Gasteiger partial charge in [0, 0.05) is 30.9 Å². The monoisotopic (exact) mass is 435 g/mol. The maximum absolute atomic E-state index is 12.9. The van der Waals surface area contributed by atoms with E-state index < -0.39 is 44.3 Å². The zero-order valence-corrected chi connectivity index (χ0v) is 15.7. The van der Waals surface area contributed by atoms with Crippen LogP contribution in [0.4, 0.5) is 18.9 Å². The van der Waals surface area contributed by atoms with Crippen LogP contribution in [0.3, 0.4) is 0 Å². The average molecular weight is 435 g/mol. The molecular formula is C17H16F3NO7S. The molecule has 1 aromatic carbocycles. The zero-order chi connectivity index (χ0) is 21.0. The summed E-state index contributed by atoms with van der Waals surface area (Å²) >= 11 is 0. The van der Waals surface area contributed by atoms with Gasteiger partial charge in [-0.25, -0.2) is 0 Å². The third-order valence-electron chi connectivity index (χ3n) is 5.28. The van der Waals surface area contributed by atoms with Gasteiger partial charge in [-0.05, 0) is 18.9 Å². The third kappa shape index (κ3) is 3.38. The van der Waals surface area contributed by atoms with E-state index in [0.29, 0.717) is 12.8 Å². The van der Waals surface area contributed by atoms with Crippen molar-refractivity contribution in [1.82, 2.24) is 0 Å². The molecule has 0 radical (unpaired) electrons. The molecule has 1 spiro atoms. The van der Waals surface area contributed by atoms with Crippen LogP contribution in [-0.2, 0) is 23.8 Å². The van der Waals surface area contributed by atoms with Crippen molar-refractivity contribution in [3.8, 4) is 0 Å². The Bertz CT molecular complexity index is 983. The molecule has 3 aliphatic rings. The number of para-hydroxylation sites is 1. The lowest BCUT2D eigenvalue weighted by atomic mass is 10.0. The van der Waals surface area contributed by atoms with E-state index in [1.807, 2.05) is 0 Å². The van der Waals surface area contributed by atoms with E-state index in [4.69, 9.17) is 9.47 Å². The van der Waals surface area contributed by atoms with Crippen molar-refractivity contribution in [3.63, 3.8) is 0 Å². The van der Waals surface area contributed by atoms with Crippen LogP contribution in [0.2, 0.25) is 0 Å². The number of alkyl halides is 3. The second-order valence-electron chi connectivity index (χ2n) is 7.12. The molecule has 1 aromatic rings. The molecule has 158 valence electrons. The zero-order valence-electron chi connectivity index (χ0n) is 14.8. The van der Waals surface area contributed by atoms with Crippen molar-refractivity contribution in [3.05, 3.63) is 45.7 Å². The van der Waals surface area contributed by atoms with Crippen molar-refractivity contribution in [2.75, 3.05) is 0 Å². The smallest absolute Gasteiger partial charge is 0.377 e. The van der Waals surface area contributed by atoms with Gasteiger partial charge in [-0.3, -0.25) is 10.1 Å². The van der Waals surface area contributed by atoms with Crippen LogP contribution >= 0.6 is 0 Å². The Labute approximate surface area is 163 Å². The molecule has 0 bridgehead atoms. The van der Waals surface area contributed by atoms with Gasteiger partial charge in [0.25, 0.3) is 5.69 Å². The molecule has 29 heavy (non-hydrogen) atoms. The fourth-order valence-electron chi connectivity index (χ4n) is 4.06. The number of ether oxygens (including phenoxy) is 2. The summed E-state index contributed by atoms with van der Waals surface area (Å²) in [6.45, 7) is 0. The van der Waals surface area contributed by atoms with Gasteiger partial charge in [0.05, 0.1) is 16.6 Å². The van der Waals surface area contributed by atoms with E-state index in [2.05, 4.69) is 4.18 Å². The molecule has 0 N–H and O–H groups in total. The molecule has 2 fully saturated rings. The van der Waals surface area contributed by atoms with Crippen LogP contribution in [0.5, 0.6) is 0 Å². The lowest BCUT2D eigenvalue weighted by Gasteiger charge is -2.24. The second-order valence-corrected chi connectivity index (χ2v) is 8.65. The minimum atomic E-state index is -5.99. The third-order valence-corrected chi connectivity index (χ3v) is 6.25. The number of hydrogen-bond acceptors (Lipinski definition) is 7. The molecule has 0 aromatic heterocycles. The Morgan fingerprint density at radius 3 is 2.45 bits per heavy atom. The Morgan fingerprint density at radius 1 is 1.17 bits per heavy atom. The second kappa shape index (κ2) is 6.67. The minimum absolute atomic E-state index is 0.0352. The van der Waals surface area contributed by atoms with Crippen LogP contribution in [0.25, 0.3) is 5.57 Å². The molecule has 0 unspecified atom stereocenters. The standard InChI is InChI=1S/C17H16F3NO7S/c18-17(19,20)29(24,25)28-14-11(10-5-1-2-6-12(10)21(22)23)9-13-15(14)27-16(26-13)7-3-4-8-16/h1-2,5-6,13,15H,3-4,7-9H2/t13-,15-/m0/s1. The number of nitro benzene ring substituents is 1. The summed E-state index contributed by atoms with van der Waals surface area (Å²) < 4.78 is 78.5. The van der Waals surface area contributed by atoms with Crippen LogP contribution in [0, 0.1) is 10.1 Å². The summed E-state index contributed by atoms with van der Waals surface area (Å²) in [7, 11) is -5.99. The lowest BCUT2D eigenvalue weighted by Crippen LogP contribution is -2.30. The molecule has 12 heteroatoms. The molecule has 1 saturated heterocycles. The number of nitro groups is 1. The maximum atomic E-state index is 12.9. The Balaban J connectivity index is 1.80. The highest BCUT2D eigenvalue weighted by atomic mass is 32.2. The summed E-state index contributed by atoms with van der Waals surface area (Å²) in [5.41, 5.74) is -6.13. The van der Waals surface area contributed by atoms with Gasteiger partial charge in [-0.1, -0.05) is 12.1 Å². The first-order valence-corrected chi connectivity index (χ1v) is 10.3. The summed E-state index contributed by atoms with van der Waals surface area (Å²) in [5, 5.41) is 11.4. The highest BCUT2D eigenvalue weighted by Gasteiger charge is 2.58. The van der Waals surface area contributed by atoms with Crippen LogP contribution in [0.15, 0.2) is 30.0 Å². The molecule has 1 aliphatic heterocycles. The minimum Gasteiger partial charge on any atom is -0.377 e. The van der Waals surface area contributed by atoms with Crippen molar-refractivity contribution >= 4 is 21.4 Å². The summed E-state index contributed by atoms with van der Waals surface area (Å²) in [4.78, 5) is 10.7. The molecule has 1 heterocycles. The van der Waals surface area contributed by atoms with Gasteiger partial charge in [-0.2, -0.15) is 21.6 Å². The molecule has 4 rings (SSSR count). The largest absolute Gasteiger partial charge is 0.534 e. The Morgan fingerprint density at radius 2 is 1.83 bits per heavy atom. The van der Waals surface area contributed by atoms with Crippen LogP contribution in [0.1, 0.15) is 37.7 Å². The van der Waals surface area contributed by atoms with Gasteiger partial charge in [-0.15, -0.1) is 0 Å². The highest BCUT2D eigenvalue weighted by molar-refractivity contribution is 7.87. The van der Waals surface area contributed by atoms with Crippen molar-refractivity contribution < 1.29 is 40.2 Å². The van der Waals surface area contributed by atoms with E-state index >= 15 is 0 Å². The highest BCUT2D eigenvalue weighted by Crippen LogP contribution is 2.52. The normalized spacial score (nSPS) is 26.2. The molecule has 8 nitrogen and oxygen atoms in total. The fraction of sp³-hybridized carbons (Fsp3) is 0.529. The lowest BCUT2D eigenvalue weighted by molar-refractivity contribution is -0.385. The Hall–Kier alpha value is -2.18. The predicted molar refractivity (Wildman–Crippen MR) is 91.6 cm³/mol. The van der Waals surface area contributed by atoms with Gasteiger partial charge in [0.2, 0.25) is 0 Å². The van der Waals surface area contributed by atoms with Crippen molar-refractivity contribution in [2.45, 2.75) is 55.6 Å². The average Bonchev–Trinajstić information content (AvgIpc) is 3.31. The van der Waals surface area contributed by atoms with E-state index in [9.17, 15) is 31.7 Å². The number of benzene rings is 1. The van der Waals surface area contributed by atoms with E-state index in [1.54, 1.807) is 0 Å². The van der Waals surface area contributed by atoms with Crippen molar-refractivity contribution in [2.24, 2.45) is 0 Å². The van der Waals surface area contributed by atoms with Crippen LogP contribution < -0.4 is 0 Å². The number of hydrogen-bond donors (Lipinski definition) is 0. The van der Waals surface area contributed by atoms with Gasteiger partial charge >= 0.3 is 15.6 Å². The van der Waals surface area contributed by atoms with Gasteiger partial charge < -0.3 is 13.7 Å². The first kappa shape index (κ1) is 20.1. The molecule has 2 aliphatic carbocycles. The fourth-order valence-corrected chi connectivity index (χ4v) is 4.59. The van der Waals surface area contributed by atoms with Crippen molar-refractivity contribution in [1.29, 1.82) is 0 Å². The number of nitrogens with zero attached hydrogens (tertiary/aromatic N) is 1. The topological polar surface area (TPSA) is 105 Å². The summed E-state index contributed by atoms with van der Waals surface area (Å²) in [5.74, 6) is -1.59.